The number of halogens is 2. The van der Waals surface area contributed by atoms with Crippen molar-refractivity contribution in [2.75, 3.05) is 4.90 Å². The fourth-order valence-corrected chi connectivity index (χ4v) is 6.78. The number of carbonyl (C=O) groups is 1. The zero-order valence-corrected chi connectivity index (χ0v) is 24.5. The fraction of sp³-hybridized carbons (Fsp3) is 0.290. The molecule has 1 amide bonds. The molecule has 214 valence electrons. The van der Waals surface area contributed by atoms with Crippen LogP contribution in [-0.2, 0) is 34.8 Å². The molecule has 3 aromatic carbocycles. The van der Waals surface area contributed by atoms with Gasteiger partial charge in [-0.2, -0.15) is 0 Å². The summed E-state index contributed by atoms with van der Waals surface area (Å²) in [6, 6.07) is 18.6. The van der Waals surface area contributed by atoms with Crippen LogP contribution in [0.4, 0.5) is 10.1 Å². The number of amides is 1. The Balaban J connectivity index is 1.46. The zero-order valence-electron chi connectivity index (χ0n) is 22.9. The second-order valence-corrected chi connectivity index (χ2v) is 12.6. The van der Waals surface area contributed by atoms with Crippen LogP contribution in [-0.4, -0.2) is 23.9 Å². The first-order valence-corrected chi connectivity index (χ1v) is 15.4. The van der Waals surface area contributed by atoms with Gasteiger partial charge in [0.2, 0.25) is 15.9 Å². The summed E-state index contributed by atoms with van der Waals surface area (Å²) in [5.41, 5.74) is 3.60. The molecule has 10 heteroatoms. The van der Waals surface area contributed by atoms with Crippen molar-refractivity contribution < 1.29 is 17.6 Å². The van der Waals surface area contributed by atoms with Gasteiger partial charge in [-0.25, -0.2) is 22.5 Å². The zero-order chi connectivity index (χ0) is 29.1. The second kappa shape index (κ2) is 12.1. The number of fused-ring (bicyclic) bond motifs is 1. The number of benzene rings is 3. The maximum atomic E-state index is 13.8. The average Bonchev–Trinajstić information content (AvgIpc) is 3.37. The Labute approximate surface area is 245 Å². The monoisotopic (exact) mass is 594 g/mol. The Hall–Kier alpha value is -3.53. The van der Waals surface area contributed by atoms with E-state index < -0.39 is 21.9 Å². The average molecular weight is 595 g/mol. The van der Waals surface area contributed by atoms with Gasteiger partial charge < -0.3 is 9.47 Å². The molecule has 0 saturated heterocycles. The highest BCUT2D eigenvalue weighted by Gasteiger charge is 2.28. The lowest BCUT2D eigenvalue weighted by atomic mass is 9.87. The van der Waals surface area contributed by atoms with E-state index in [2.05, 4.69) is 9.71 Å². The highest BCUT2D eigenvalue weighted by molar-refractivity contribution is 7.89. The van der Waals surface area contributed by atoms with Crippen LogP contribution < -0.4 is 9.62 Å². The first-order valence-electron chi connectivity index (χ1n) is 13.5. The Kier molecular flexibility index (Phi) is 8.58. The first kappa shape index (κ1) is 29.0. The summed E-state index contributed by atoms with van der Waals surface area (Å²) in [6.07, 6.45) is 6.02. The molecule has 1 N–H and O–H groups in total. The van der Waals surface area contributed by atoms with E-state index in [-0.39, 0.29) is 28.3 Å². The highest BCUT2D eigenvalue weighted by atomic mass is 35.5. The van der Waals surface area contributed by atoms with Gasteiger partial charge in [-0.3, -0.25) is 4.79 Å². The van der Waals surface area contributed by atoms with E-state index in [0.29, 0.717) is 18.5 Å². The van der Waals surface area contributed by atoms with Crippen molar-refractivity contribution in [1.29, 1.82) is 0 Å². The number of carbonyl (C=O) groups excluding carboxylic acids is 1. The van der Waals surface area contributed by atoms with Crippen molar-refractivity contribution >= 4 is 33.2 Å². The van der Waals surface area contributed by atoms with Crippen LogP contribution in [0, 0.1) is 5.82 Å². The number of aromatic nitrogens is 2. The molecule has 0 bridgehead atoms. The summed E-state index contributed by atoms with van der Waals surface area (Å²) >= 11 is 5.86. The lowest BCUT2D eigenvalue weighted by Crippen LogP contribution is -2.34. The van der Waals surface area contributed by atoms with E-state index in [4.69, 9.17) is 11.6 Å². The van der Waals surface area contributed by atoms with E-state index in [1.807, 2.05) is 73.3 Å². The molecule has 5 rings (SSSR count). The fourth-order valence-electron chi connectivity index (χ4n) is 5.26. The largest absolute Gasteiger partial charge is 0.337 e. The van der Waals surface area contributed by atoms with E-state index in [1.165, 1.54) is 6.07 Å². The molecule has 1 aromatic heterocycles. The normalized spacial score (nSPS) is 15.8. The molecule has 7 nitrogen and oxygen atoms in total. The summed E-state index contributed by atoms with van der Waals surface area (Å²) in [5, 5.41) is -0.257. The molecule has 41 heavy (non-hydrogen) atoms. The predicted molar refractivity (Wildman–Crippen MR) is 158 cm³/mol. The molecule has 0 aliphatic heterocycles. The van der Waals surface area contributed by atoms with Gasteiger partial charge in [-0.15, -0.1) is 0 Å². The molecule has 1 aliphatic rings. The lowest BCUT2D eigenvalue weighted by molar-refractivity contribution is -0.119. The minimum absolute atomic E-state index is 0.00675. The number of imidazole rings is 1. The standard InChI is InChI=1S/C31H32ClFN4O3S/c1-21(22-7-4-3-5-8-22)17-31(38)37(20-30-34-15-16-36(30)2)24-12-11-23-9-6-10-29(26(23)18-24)35-41(39,40)25-13-14-28(33)27(32)19-25/h3-5,7-8,11-16,18-19,21,29,35H,6,9-10,17,20H2,1-2H3. The van der Waals surface area contributed by atoms with Crippen LogP contribution in [0.5, 0.6) is 0 Å². The van der Waals surface area contributed by atoms with Crippen molar-refractivity contribution in [3.05, 3.63) is 112 Å². The van der Waals surface area contributed by atoms with E-state index >= 15 is 0 Å². The molecule has 2 unspecified atom stereocenters. The SMILES string of the molecule is CC(CC(=O)N(Cc1nccn1C)c1ccc2c(c1)C(NS(=O)(=O)c1ccc(F)c(Cl)c1)CCC2)c1ccccc1. The molecule has 0 saturated carbocycles. The summed E-state index contributed by atoms with van der Waals surface area (Å²) in [5.74, 6) is -0.00307. The molecule has 1 aliphatic carbocycles. The van der Waals surface area contributed by atoms with E-state index in [0.717, 1.165) is 47.5 Å². The number of nitrogens with one attached hydrogen (secondary N) is 1. The van der Waals surface area contributed by atoms with Crippen molar-refractivity contribution in [2.24, 2.45) is 7.05 Å². The molecule has 4 aromatic rings. The number of aryl methyl sites for hydroxylation is 2. The van der Waals surface area contributed by atoms with Gasteiger partial charge in [0.15, 0.2) is 0 Å². The van der Waals surface area contributed by atoms with Gasteiger partial charge in [-0.1, -0.05) is 54.9 Å². The van der Waals surface area contributed by atoms with Crippen LogP contribution in [0.3, 0.4) is 0 Å². The Morgan fingerprint density at radius 3 is 2.66 bits per heavy atom. The van der Waals surface area contributed by atoms with Crippen LogP contribution >= 0.6 is 11.6 Å². The molecular formula is C31H32ClFN4O3S. The number of rotatable bonds is 9. The van der Waals surface area contributed by atoms with Crippen LogP contribution in [0.25, 0.3) is 0 Å². The van der Waals surface area contributed by atoms with E-state index in [1.54, 1.807) is 11.1 Å². The van der Waals surface area contributed by atoms with Crippen LogP contribution in [0.15, 0.2) is 84.0 Å². The molecule has 0 fully saturated rings. The Morgan fingerprint density at radius 2 is 1.95 bits per heavy atom. The van der Waals surface area contributed by atoms with Crippen LogP contribution in [0.2, 0.25) is 5.02 Å². The number of anilines is 1. The molecular weight excluding hydrogens is 563 g/mol. The number of nitrogens with zero attached hydrogens (tertiary/aromatic N) is 3. The Morgan fingerprint density at radius 1 is 1.17 bits per heavy atom. The molecule has 0 radical (unpaired) electrons. The topological polar surface area (TPSA) is 84.3 Å². The minimum atomic E-state index is -3.98. The Bertz CT molecular complexity index is 1660. The molecule has 0 spiro atoms. The quantitative estimate of drug-likeness (QED) is 0.247. The van der Waals surface area contributed by atoms with E-state index in [9.17, 15) is 17.6 Å². The summed E-state index contributed by atoms with van der Waals surface area (Å²) in [6.45, 7) is 2.30. The maximum absolute atomic E-state index is 13.8. The highest BCUT2D eigenvalue weighted by Crippen LogP contribution is 2.35. The van der Waals surface area contributed by atoms with Gasteiger partial charge in [0.25, 0.3) is 0 Å². The van der Waals surface area contributed by atoms with Crippen molar-refractivity contribution in [1.82, 2.24) is 14.3 Å². The van der Waals surface area contributed by atoms with Gasteiger partial charge in [0, 0.05) is 37.6 Å². The smallest absolute Gasteiger partial charge is 0.241 e. The van der Waals surface area contributed by atoms with Crippen molar-refractivity contribution in [2.45, 2.75) is 56.0 Å². The van der Waals surface area contributed by atoms with Gasteiger partial charge >= 0.3 is 0 Å². The van der Waals surface area contributed by atoms with Gasteiger partial charge in [-0.05, 0) is 72.2 Å². The second-order valence-electron chi connectivity index (χ2n) is 10.5. The summed E-state index contributed by atoms with van der Waals surface area (Å²) in [4.78, 5) is 19.9. The third-order valence-electron chi connectivity index (χ3n) is 7.63. The lowest BCUT2D eigenvalue weighted by Gasteiger charge is -2.30. The maximum Gasteiger partial charge on any atom is 0.241 e. The number of hydrogen-bond acceptors (Lipinski definition) is 4. The molecule has 1 heterocycles. The third kappa shape index (κ3) is 6.53. The van der Waals surface area contributed by atoms with Crippen molar-refractivity contribution in [3.8, 4) is 0 Å². The number of sulfonamides is 1. The number of hydrogen-bond donors (Lipinski definition) is 1. The first-order chi connectivity index (χ1) is 19.6. The minimum Gasteiger partial charge on any atom is -0.337 e. The summed E-state index contributed by atoms with van der Waals surface area (Å²) < 4.78 is 44.8. The molecule has 2 atom stereocenters. The van der Waals surface area contributed by atoms with Gasteiger partial charge in [0.1, 0.15) is 11.6 Å². The van der Waals surface area contributed by atoms with Crippen LogP contribution in [0.1, 0.15) is 60.7 Å². The third-order valence-corrected chi connectivity index (χ3v) is 9.38. The summed E-state index contributed by atoms with van der Waals surface area (Å²) in [7, 11) is -2.09. The van der Waals surface area contributed by atoms with Crippen molar-refractivity contribution in [3.63, 3.8) is 0 Å². The predicted octanol–water partition coefficient (Wildman–Crippen LogP) is 6.30. The van der Waals surface area contributed by atoms with Gasteiger partial charge in [0.05, 0.1) is 16.5 Å².